The van der Waals surface area contributed by atoms with E-state index in [0.29, 0.717) is 40.4 Å². The highest BCUT2D eigenvalue weighted by Gasteiger charge is 2.25. The minimum absolute atomic E-state index is 0.0327. The number of carbonyl (C=O) groups is 3. The van der Waals surface area contributed by atoms with Gasteiger partial charge < -0.3 is 9.88 Å². The van der Waals surface area contributed by atoms with Gasteiger partial charge >= 0.3 is 6.03 Å². The highest BCUT2D eigenvalue weighted by atomic mass is 32.2. The van der Waals surface area contributed by atoms with Crippen LogP contribution < -0.4 is 10.0 Å². The number of unbranched alkanes of at least 4 members (excludes halogenated alkanes) is 1. The Morgan fingerprint density at radius 1 is 0.796 bits per heavy atom. The van der Waals surface area contributed by atoms with Gasteiger partial charge in [0.05, 0.1) is 11.3 Å². The molecule has 0 bridgehead atoms. The first-order valence-electron chi connectivity index (χ1n) is 16.0. The smallest absolute Gasteiger partial charge is 0.328 e. The van der Waals surface area contributed by atoms with Crippen LogP contribution in [-0.4, -0.2) is 41.8 Å². The van der Waals surface area contributed by atoms with Crippen molar-refractivity contribution < 1.29 is 22.8 Å². The van der Waals surface area contributed by atoms with Crippen LogP contribution in [0.25, 0.3) is 11.1 Å². The van der Waals surface area contributed by atoms with Gasteiger partial charge in [0, 0.05) is 30.6 Å². The van der Waals surface area contributed by atoms with Crippen molar-refractivity contribution >= 4 is 39.4 Å². The molecule has 49 heavy (non-hydrogen) atoms. The predicted octanol–water partition coefficient (Wildman–Crippen LogP) is 7.31. The molecule has 1 aromatic heterocycles. The summed E-state index contributed by atoms with van der Waals surface area (Å²) < 4.78 is 30.7. The molecule has 2 N–H and O–H groups in total. The van der Waals surface area contributed by atoms with Gasteiger partial charge in [-0.3, -0.25) is 9.59 Å². The number of hydrogen-bond donors (Lipinski definition) is 2. The minimum atomic E-state index is -4.20. The summed E-state index contributed by atoms with van der Waals surface area (Å²) in [4.78, 5) is 44.0. The number of aryl methyl sites for hydroxylation is 1. The molecule has 0 saturated heterocycles. The van der Waals surface area contributed by atoms with Crippen LogP contribution in [0.2, 0.25) is 0 Å². The van der Waals surface area contributed by atoms with E-state index in [-0.39, 0.29) is 29.4 Å². The molecule has 0 aliphatic rings. The van der Waals surface area contributed by atoms with Crippen molar-refractivity contribution in [1.29, 1.82) is 0 Å². The molecule has 0 aliphatic carbocycles. The first kappa shape index (κ1) is 35.3. The van der Waals surface area contributed by atoms with E-state index in [2.05, 4.69) is 17.0 Å². The normalized spacial score (nSPS) is 11.2. The molecular weight excluding hydrogens is 657 g/mol. The van der Waals surface area contributed by atoms with Gasteiger partial charge in [0.15, 0.2) is 11.6 Å². The number of nitrogens with one attached hydrogen (secondary N) is 2. The number of urea groups is 1. The van der Waals surface area contributed by atoms with Crippen LogP contribution >= 0.6 is 11.8 Å². The Balaban J connectivity index is 1.38. The summed E-state index contributed by atoms with van der Waals surface area (Å²) in [5.41, 5.74) is 3.68. The van der Waals surface area contributed by atoms with Crippen molar-refractivity contribution in [1.82, 2.24) is 19.6 Å². The van der Waals surface area contributed by atoms with Gasteiger partial charge in [-0.15, -0.1) is 11.8 Å². The van der Waals surface area contributed by atoms with Gasteiger partial charge in [-0.2, -0.15) is 0 Å². The maximum absolute atomic E-state index is 13.7. The van der Waals surface area contributed by atoms with E-state index in [4.69, 9.17) is 4.98 Å². The third-order valence-electron chi connectivity index (χ3n) is 7.95. The van der Waals surface area contributed by atoms with Crippen molar-refractivity contribution in [2.45, 2.75) is 55.6 Å². The summed E-state index contributed by atoms with van der Waals surface area (Å²) in [6.45, 7) is 2.62. The molecule has 1 heterocycles. The number of thioether (sulfide) groups is 1. The average molecular weight is 695 g/mol. The van der Waals surface area contributed by atoms with Gasteiger partial charge in [-0.05, 0) is 35.4 Å². The third-order valence-corrected chi connectivity index (χ3v) is 10.0. The standard InChI is InChI=1S/C38H38N4O5S2/c1-3-4-19-35-40-37(48-2)36(33(44)24-32(43)30-15-9-6-10-16-30)42(35)26-28-20-22-29(23-21-28)31-17-11-12-18-34(31)49(46,47)41-38(45)39-25-27-13-7-5-8-14-27/h5-18,20-23H,3-4,19,24-26H2,1-2H3,(H2,39,41,45). The lowest BCUT2D eigenvalue weighted by Gasteiger charge is -2.14. The number of ketones is 2. The molecule has 252 valence electrons. The minimum Gasteiger partial charge on any atom is -0.333 e. The van der Waals surface area contributed by atoms with Crippen LogP contribution in [0.1, 0.15) is 64.0 Å². The largest absolute Gasteiger partial charge is 0.333 e. The van der Waals surface area contributed by atoms with E-state index in [0.717, 1.165) is 29.8 Å². The van der Waals surface area contributed by atoms with E-state index in [1.807, 2.05) is 71.5 Å². The number of amides is 2. The quantitative estimate of drug-likeness (QED) is 0.0669. The lowest BCUT2D eigenvalue weighted by atomic mass is 10.0. The van der Waals surface area contributed by atoms with Gasteiger partial charge in [0.1, 0.15) is 16.5 Å². The van der Waals surface area contributed by atoms with Gasteiger partial charge in [-0.25, -0.2) is 22.9 Å². The molecule has 4 aromatic carbocycles. The second-order valence-corrected chi connectivity index (χ2v) is 13.9. The van der Waals surface area contributed by atoms with E-state index in [1.165, 1.54) is 17.8 Å². The Labute approximate surface area is 291 Å². The van der Waals surface area contributed by atoms with Crippen molar-refractivity contribution in [2.24, 2.45) is 0 Å². The van der Waals surface area contributed by atoms with Crippen LogP contribution in [0.3, 0.4) is 0 Å². The number of sulfonamides is 1. The molecule has 5 rings (SSSR count). The summed E-state index contributed by atoms with van der Waals surface area (Å²) in [7, 11) is -4.20. The first-order chi connectivity index (χ1) is 23.7. The molecule has 11 heteroatoms. The predicted molar refractivity (Wildman–Crippen MR) is 192 cm³/mol. The van der Waals surface area contributed by atoms with Crippen LogP contribution in [0.15, 0.2) is 119 Å². The number of hydrogen-bond acceptors (Lipinski definition) is 7. The van der Waals surface area contributed by atoms with Gasteiger partial charge in [0.25, 0.3) is 10.0 Å². The summed E-state index contributed by atoms with van der Waals surface area (Å²) >= 11 is 1.38. The molecule has 0 unspecified atom stereocenters. The molecule has 0 radical (unpaired) electrons. The second kappa shape index (κ2) is 16.4. The molecule has 0 spiro atoms. The molecule has 5 aromatic rings. The number of rotatable bonds is 15. The first-order valence-corrected chi connectivity index (χ1v) is 18.7. The number of benzene rings is 4. The Bertz CT molecular complexity index is 2030. The van der Waals surface area contributed by atoms with Crippen molar-refractivity contribution in [3.8, 4) is 11.1 Å². The summed E-state index contributed by atoms with van der Waals surface area (Å²) in [5, 5.41) is 3.18. The third kappa shape index (κ3) is 8.92. The summed E-state index contributed by atoms with van der Waals surface area (Å²) in [6.07, 6.45) is 4.13. The fraction of sp³-hybridized carbons (Fsp3) is 0.211. The zero-order chi connectivity index (χ0) is 34.8. The topological polar surface area (TPSA) is 127 Å². The van der Waals surface area contributed by atoms with Crippen LogP contribution in [0.4, 0.5) is 4.79 Å². The average Bonchev–Trinajstić information content (AvgIpc) is 3.47. The molecule has 0 saturated carbocycles. The van der Waals surface area contributed by atoms with Crippen molar-refractivity contribution in [2.75, 3.05) is 6.26 Å². The Morgan fingerprint density at radius 3 is 2.12 bits per heavy atom. The fourth-order valence-corrected chi connectivity index (χ4v) is 7.22. The zero-order valence-corrected chi connectivity index (χ0v) is 29.0. The zero-order valence-electron chi connectivity index (χ0n) is 27.4. The molecule has 0 aliphatic heterocycles. The van der Waals surface area contributed by atoms with Crippen molar-refractivity contribution in [3.63, 3.8) is 0 Å². The maximum Gasteiger partial charge on any atom is 0.328 e. The molecule has 2 amide bonds. The lowest BCUT2D eigenvalue weighted by molar-refractivity contribution is 0.0887. The Kier molecular flexibility index (Phi) is 11.8. The number of aromatic nitrogens is 2. The van der Waals surface area contributed by atoms with Crippen molar-refractivity contribution in [3.05, 3.63) is 137 Å². The van der Waals surface area contributed by atoms with Crippen LogP contribution in [-0.2, 0) is 29.5 Å². The second-order valence-electron chi connectivity index (χ2n) is 11.4. The number of imidazole rings is 1. The van der Waals surface area contributed by atoms with E-state index >= 15 is 0 Å². The van der Waals surface area contributed by atoms with Crippen LogP contribution in [0.5, 0.6) is 0 Å². The van der Waals surface area contributed by atoms with Gasteiger partial charge in [-0.1, -0.05) is 116 Å². The highest BCUT2D eigenvalue weighted by Crippen LogP contribution is 2.29. The fourth-order valence-electron chi connectivity index (χ4n) is 5.44. The SMILES string of the molecule is CCCCc1nc(SC)c(C(=O)CC(=O)c2ccccc2)n1Cc1ccc(-c2ccccc2S(=O)(=O)NC(=O)NCc2ccccc2)cc1. The molecule has 0 atom stereocenters. The highest BCUT2D eigenvalue weighted by molar-refractivity contribution is 7.98. The lowest BCUT2D eigenvalue weighted by Crippen LogP contribution is -2.39. The number of carbonyl (C=O) groups excluding carboxylic acids is 3. The van der Waals surface area contributed by atoms with Crippen LogP contribution in [0, 0.1) is 0 Å². The summed E-state index contributed by atoms with van der Waals surface area (Å²) in [6, 6.07) is 31.0. The van der Waals surface area contributed by atoms with E-state index in [9.17, 15) is 22.8 Å². The monoisotopic (exact) mass is 694 g/mol. The van der Waals surface area contributed by atoms with E-state index in [1.54, 1.807) is 42.5 Å². The molecular formula is C38H38N4O5S2. The van der Waals surface area contributed by atoms with E-state index < -0.39 is 16.1 Å². The number of nitrogens with zero attached hydrogens (tertiary/aromatic N) is 2. The number of Topliss-reactive ketones (excluding diaryl/α,β-unsaturated/α-hetero) is 2. The van der Waals surface area contributed by atoms with Gasteiger partial charge in [0.2, 0.25) is 0 Å². The molecule has 0 fully saturated rings. The molecule has 9 nitrogen and oxygen atoms in total. The Hall–Kier alpha value is -5.00. The maximum atomic E-state index is 13.7. The summed E-state index contributed by atoms with van der Waals surface area (Å²) in [5.74, 6) is 0.241. The Morgan fingerprint density at radius 2 is 1.45 bits per heavy atom.